The Labute approximate surface area is 120 Å². The van der Waals surface area contributed by atoms with Crippen LogP contribution >= 0.6 is 0 Å². The second-order valence-corrected chi connectivity index (χ2v) is 6.99. The highest BCUT2D eigenvalue weighted by Gasteiger charge is 2.21. The third-order valence-electron chi connectivity index (χ3n) is 3.74. The van der Waals surface area contributed by atoms with Gasteiger partial charge >= 0.3 is 0 Å². The van der Waals surface area contributed by atoms with E-state index in [-0.39, 0.29) is 4.90 Å². The van der Waals surface area contributed by atoms with Crippen LogP contribution in [0.2, 0.25) is 0 Å². The Balaban J connectivity index is 2.08. The monoisotopic (exact) mass is 298 g/mol. The lowest BCUT2D eigenvalue weighted by atomic mass is 9.92. The van der Waals surface area contributed by atoms with Crippen molar-refractivity contribution in [2.45, 2.75) is 42.7 Å². The molecule has 2 rings (SSSR count). The fourth-order valence-electron chi connectivity index (χ4n) is 2.60. The summed E-state index contributed by atoms with van der Waals surface area (Å²) in [5.41, 5.74) is 0.836. The van der Waals surface area contributed by atoms with Crippen LogP contribution in [-0.2, 0) is 14.8 Å². The average molecular weight is 298 g/mol. The Morgan fingerprint density at radius 1 is 1.30 bits per heavy atom. The number of hydrogen-bond donors (Lipinski definition) is 2. The number of methoxy groups -OCH3 is 1. The van der Waals surface area contributed by atoms with E-state index in [1.807, 2.05) is 6.07 Å². The number of rotatable bonds is 5. The van der Waals surface area contributed by atoms with Crippen LogP contribution in [0.1, 0.15) is 25.7 Å². The quantitative estimate of drug-likeness (QED) is 0.872. The summed E-state index contributed by atoms with van der Waals surface area (Å²) in [5.74, 6) is 0. The average Bonchev–Trinajstić information content (AvgIpc) is 2.48. The maximum absolute atomic E-state index is 11.8. The molecular weight excluding hydrogens is 276 g/mol. The lowest BCUT2D eigenvalue weighted by molar-refractivity contribution is 0.0669. The summed E-state index contributed by atoms with van der Waals surface area (Å²) >= 11 is 0. The van der Waals surface area contributed by atoms with E-state index < -0.39 is 10.0 Å². The summed E-state index contributed by atoms with van der Waals surface area (Å²) in [6.45, 7) is 0. The number of ether oxygens (including phenoxy) is 1. The zero-order chi connectivity index (χ0) is 14.6. The van der Waals surface area contributed by atoms with Crippen LogP contribution in [0.5, 0.6) is 0 Å². The molecule has 2 unspecified atom stereocenters. The molecule has 0 aliphatic heterocycles. The summed E-state index contributed by atoms with van der Waals surface area (Å²) < 4.78 is 31.3. The molecule has 112 valence electrons. The van der Waals surface area contributed by atoms with E-state index in [0.29, 0.717) is 12.1 Å². The van der Waals surface area contributed by atoms with Gasteiger partial charge in [0.25, 0.3) is 0 Å². The number of sulfonamides is 1. The van der Waals surface area contributed by atoms with Crippen molar-refractivity contribution in [2.24, 2.45) is 0 Å². The number of nitrogens with one attached hydrogen (secondary N) is 2. The Morgan fingerprint density at radius 3 is 2.80 bits per heavy atom. The van der Waals surface area contributed by atoms with Gasteiger partial charge < -0.3 is 10.1 Å². The van der Waals surface area contributed by atoms with E-state index in [1.165, 1.54) is 7.05 Å². The van der Waals surface area contributed by atoms with Gasteiger partial charge in [0.05, 0.1) is 11.0 Å². The van der Waals surface area contributed by atoms with Gasteiger partial charge in [-0.25, -0.2) is 13.1 Å². The Morgan fingerprint density at radius 2 is 2.10 bits per heavy atom. The fourth-order valence-corrected chi connectivity index (χ4v) is 3.37. The van der Waals surface area contributed by atoms with Crippen molar-refractivity contribution in [1.29, 1.82) is 0 Å². The first-order valence-electron chi connectivity index (χ1n) is 6.88. The molecule has 1 saturated carbocycles. The highest BCUT2D eigenvalue weighted by atomic mass is 32.2. The van der Waals surface area contributed by atoms with Crippen molar-refractivity contribution in [1.82, 2.24) is 4.72 Å². The standard InChI is InChI=1S/C14H22N2O3S/c1-15-20(17,18)14-8-4-6-12(10-14)16-11-5-3-7-13(9-11)19-2/h4,6,8,10-11,13,15-16H,3,5,7,9H2,1-2H3. The molecule has 1 aromatic rings. The summed E-state index contributed by atoms with van der Waals surface area (Å²) in [4.78, 5) is 0.282. The molecule has 20 heavy (non-hydrogen) atoms. The molecular formula is C14H22N2O3S. The lowest BCUT2D eigenvalue weighted by Gasteiger charge is -2.29. The molecule has 1 aliphatic carbocycles. The van der Waals surface area contributed by atoms with Crippen LogP contribution in [0.4, 0.5) is 5.69 Å². The van der Waals surface area contributed by atoms with Gasteiger partial charge in [0, 0.05) is 18.8 Å². The van der Waals surface area contributed by atoms with Crippen molar-refractivity contribution >= 4 is 15.7 Å². The fraction of sp³-hybridized carbons (Fsp3) is 0.571. The maximum Gasteiger partial charge on any atom is 0.240 e. The van der Waals surface area contributed by atoms with Crippen molar-refractivity contribution in [3.05, 3.63) is 24.3 Å². The largest absolute Gasteiger partial charge is 0.382 e. The maximum atomic E-state index is 11.8. The second kappa shape index (κ2) is 6.56. The molecule has 5 nitrogen and oxygen atoms in total. The zero-order valence-electron chi connectivity index (χ0n) is 11.9. The molecule has 2 atom stereocenters. The van der Waals surface area contributed by atoms with Crippen LogP contribution in [0, 0.1) is 0 Å². The van der Waals surface area contributed by atoms with Crippen molar-refractivity contribution in [2.75, 3.05) is 19.5 Å². The summed E-state index contributed by atoms with van der Waals surface area (Å²) in [7, 11) is -0.232. The Bertz CT molecular complexity index is 545. The van der Waals surface area contributed by atoms with Crippen LogP contribution in [0.15, 0.2) is 29.2 Å². The number of anilines is 1. The summed E-state index contributed by atoms with van der Waals surface area (Å²) in [6.07, 6.45) is 4.57. The highest BCUT2D eigenvalue weighted by Crippen LogP contribution is 2.24. The zero-order valence-corrected chi connectivity index (χ0v) is 12.7. The molecule has 1 fully saturated rings. The molecule has 1 aromatic carbocycles. The molecule has 0 bridgehead atoms. The number of hydrogen-bond acceptors (Lipinski definition) is 4. The van der Waals surface area contributed by atoms with Crippen LogP contribution in [0.3, 0.4) is 0 Å². The van der Waals surface area contributed by atoms with E-state index in [1.54, 1.807) is 25.3 Å². The van der Waals surface area contributed by atoms with Crippen LogP contribution in [0.25, 0.3) is 0 Å². The van der Waals surface area contributed by atoms with Gasteiger partial charge in [-0.05, 0) is 50.9 Å². The van der Waals surface area contributed by atoms with Gasteiger partial charge in [-0.2, -0.15) is 0 Å². The molecule has 6 heteroatoms. The molecule has 0 heterocycles. The minimum Gasteiger partial charge on any atom is -0.382 e. The first kappa shape index (κ1) is 15.3. The smallest absolute Gasteiger partial charge is 0.240 e. The summed E-state index contributed by atoms with van der Waals surface area (Å²) in [5, 5.41) is 3.41. The predicted octanol–water partition coefficient (Wildman–Crippen LogP) is 1.96. The Kier molecular flexibility index (Phi) is 5.01. The van der Waals surface area contributed by atoms with E-state index in [4.69, 9.17) is 4.74 Å². The molecule has 0 radical (unpaired) electrons. The van der Waals surface area contributed by atoms with Crippen molar-refractivity contribution in [3.8, 4) is 0 Å². The molecule has 0 spiro atoms. The van der Waals surface area contributed by atoms with E-state index >= 15 is 0 Å². The van der Waals surface area contributed by atoms with Crippen LogP contribution < -0.4 is 10.0 Å². The third-order valence-corrected chi connectivity index (χ3v) is 5.16. The molecule has 2 N–H and O–H groups in total. The van der Waals surface area contributed by atoms with Gasteiger partial charge in [0.1, 0.15) is 0 Å². The lowest BCUT2D eigenvalue weighted by Crippen LogP contribution is -2.31. The molecule has 1 aliphatic rings. The van der Waals surface area contributed by atoms with Gasteiger partial charge in [0.15, 0.2) is 0 Å². The minimum absolute atomic E-state index is 0.282. The normalized spacial score (nSPS) is 23.5. The third kappa shape index (κ3) is 3.71. The van der Waals surface area contributed by atoms with Gasteiger partial charge in [-0.1, -0.05) is 6.07 Å². The predicted molar refractivity (Wildman–Crippen MR) is 79.4 cm³/mol. The van der Waals surface area contributed by atoms with E-state index in [0.717, 1.165) is 31.4 Å². The SMILES string of the molecule is CNS(=O)(=O)c1cccc(NC2CCCC(OC)C2)c1. The first-order chi connectivity index (χ1) is 9.55. The minimum atomic E-state index is -3.39. The van der Waals surface area contributed by atoms with Gasteiger partial charge in [-0.3, -0.25) is 0 Å². The molecule has 0 aromatic heterocycles. The molecule has 0 saturated heterocycles. The topological polar surface area (TPSA) is 67.4 Å². The van der Waals surface area contributed by atoms with E-state index in [2.05, 4.69) is 10.0 Å². The highest BCUT2D eigenvalue weighted by molar-refractivity contribution is 7.89. The second-order valence-electron chi connectivity index (χ2n) is 5.10. The van der Waals surface area contributed by atoms with Crippen molar-refractivity contribution in [3.63, 3.8) is 0 Å². The van der Waals surface area contributed by atoms with E-state index in [9.17, 15) is 8.42 Å². The Hall–Kier alpha value is -1.11. The molecule has 0 amide bonds. The van der Waals surface area contributed by atoms with Gasteiger partial charge in [-0.15, -0.1) is 0 Å². The van der Waals surface area contributed by atoms with Crippen LogP contribution in [-0.4, -0.2) is 34.7 Å². The first-order valence-corrected chi connectivity index (χ1v) is 8.36. The van der Waals surface area contributed by atoms with Gasteiger partial charge in [0.2, 0.25) is 10.0 Å². The van der Waals surface area contributed by atoms with Crippen molar-refractivity contribution < 1.29 is 13.2 Å². The number of benzene rings is 1. The summed E-state index contributed by atoms with van der Waals surface area (Å²) in [6, 6.07) is 7.24.